The summed E-state index contributed by atoms with van der Waals surface area (Å²) in [6.07, 6.45) is 5.58. The van der Waals surface area contributed by atoms with Crippen molar-refractivity contribution in [1.82, 2.24) is 14.6 Å². The van der Waals surface area contributed by atoms with Crippen LogP contribution in [0, 0.1) is 0 Å². The van der Waals surface area contributed by atoms with Gasteiger partial charge in [0.15, 0.2) is 0 Å². The Labute approximate surface area is 203 Å². The van der Waals surface area contributed by atoms with Crippen LogP contribution in [-0.2, 0) is 22.6 Å². The Kier molecular flexibility index (Phi) is 7.35. The first kappa shape index (κ1) is 24.3. The Bertz CT molecular complexity index is 1180. The molecule has 0 unspecified atom stereocenters. The minimum Gasteiger partial charge on any atom is -0.491 e. The minimum absolute atomic E-state index is 0.116. The first-order valence-corrected chi connectivity index (χ1v) is 11.7. The number of hydrogen-bond donors (Lipinski definition) is 3. The summed E-state index contributed by atoms with van der Waals surface area (Å²) in [6.45, 7) is 5.83. The first-order valence-electron chi connectivity index (χ1n) is 11.7. The van der Waals surface area contributed by atoms with Crippen molar-refractivity contribution < 1.29 is 14.3 Å². The Balaban J connectivity index is 1.48. The van der Waals surface area contributed by atoms with E-state index in [0.29, 0.717) is 31.7 Å². The van der Waals surface area contributed by atoms with Crippen LogP contribution in [0.5, 0.6) is 5.75 Å². The molecule has 1 fully saturated rings. The highest BCUT2D eigenvalue weighted by atomic mass is 16.5. The van der Waals surface area contributed by atoms with E-state index in [1.54, 1.807) is 11.1 Å². The van der Waals surface area contributed by atoms with Gasteiger partial charge in [-0.3, -0.25) is 9.59 Å². The molecule has 186 valence electrons. The lowest BCUT2D eigenvalue weighted by Gasteiger charge is -2.32. The molecule has 2 aliphatic rings. The Morgan fingerprint density at radius 2 is 2.14 bits per heavy atom. The molecule has 2 amide bonds. The highest BCUT2D eigenvalue weighted by molar-refractivity contribution is 5.87. The number of carbonyl (C=O) groups excluding carboxylic acids is 2. The van der Waals surface area contributed by atoms with Gasteiger partial charge in [0.25, 0.3) is 0 Å². The summed E-state index contributed by atoms with van der Waals surface area (Å²) in [4.78, 5) is 36.1. The first-order chi connectivity index (χ1) is 16.9. The van der Waals surface area contributed by atoms with Gasteiger partial charge in [-0.2, -0.15) is 0 Å². The molecule has 0 radical (unpaired) electrons. The molecule has 11 nitrogen and oxygen atoms in total. The average Bonchev–Trinajstić information content (AvgIpc) is 3.31. The van der Waals surface area contributed by atoms with Crippen molar-refractivity contribution >= 4 is 17.6 Å². The van der Waals surface area contributed by atoms with Crippen LogP contribution in [0.3, 0.4) is 0 Å². The fraction of sp³-hybridized carbons (Fsp3) is 0.417. The molecule has 6 N–H and O–H groups in total. The standard InChI is InChI=1S/C24H32N8O3/c1-2-28-24-29-10-8-22(32(24)27)31-11-4-6-17(31)15-35-20-7-3-5-16-9-12-30(14-18(16)20)23(34)19(25)13-21(26)33/h2-3,5,7-8,10,17,19H,1,4,6,9,11-15,25,27H2,(H2,26,33)/b28-24-/t17-,19-/m1/s1. The summed E-state index contributed by atoms with van der Waals surface area (Å²) in [6, 6.07) is 6.99. The van der Waals surface area contributed by atoms with Crippen LogP contribution >= 0.6 is 0 Å². The number of rotatable bonds is 8. The fourth-order valence-corrected chi connectivity index (χ4v) is 4.74. The molecule has 1 saturated heterocycles. The third-order valence-electron chi connectivity index (χ3n) is 6.47. The third kappa shape index (κ3) is 5.29. The molecule has 1 aromatic carbocycles. The highest BCUT2D eigenvalue weighted by Gasteiger charge is 2.30. The lowest BCUT2D eigenvalue weighted by Crippen LogP contribution is -2.47. The zero-order chi connectivity index (χ0) is 24.9. The van der Waals surface area contributed by atoms with Gasteiger partial charge in [-0.15, -0.1) is 0 Å². The molecule has 2 aliphatic heterocycles. The van der Waals surface area contributed by atoms with Gasteiger partial charge >= 0.3 is 0 Å². The van der Waals surface area contributed by atoms with Crippen molar-refractivity contribution in [3.8, 4) is 5.75 Å². The van der Waals surface area contributed by atoms with Gasteiger partial charge in [-0.05, 0) is 37.0 Å². The zero-order valence-electron chi connectivity index (χ0n) is 19.7. The molecule has 2 atom stereocenters. The monoisotopic (exact) mass is 480 g/mol. The van der Waals surface area contributed by atoms with Gasteiger partial charge < -0.3 is 31.8 Å². The van der Waals surface area contributed by atoms with E-state index < -0.39 is 11.9 Å². The lowest BCUT2D eigenvalue weighted by atomic mass is 9.98. The molecule has 3 heterocycles. The van der Waals surface area contributed by atoms with Gasteiger partial charge in [-0.1, -0.05) is 18.7 Å². The van der Waals surface area contributed by atoms with Crippen molar-refractivity contribution in [3.05, 3.63) is 60.0 Å². The van der Waals surface area contributed by atoms with Gasteiger partial charge in [0.1, 0.15) is 18.2 Å². The molecular formula is C24H32N8O3. The zero-order valence-corrected chi connectivity index (χ0v) is 19.7. The third-order valence-corrected chi connectivity index (χ3v) is 6.47. The Hall–Kier alpha value is -3.86. The number of hydrogen-bond acceptors (Lipinski definition) is 8. The van der Waals surface area contributed by atoms with E-state index in [1.807, 2.05) is 24.3 Å². The van der Waals surface area contributed by atoms with Crippen LogP contribution in [0.15, 0.2) is 48.2 Å². The molecule has 2 aromatic rings. The van der Waals surface area contributed by atoms with Crippen LogP contribution < -0.4 is 32.6 Å². The SMILES string of the molecule is C=C/N=c1/nccc(N2CCC[C@@H]2COc2cccc3c2CN(C(=O)[C@H](N)CC(N)=O)CC3)n1N. The van der Waals surface area contributed by atoms with Crippen LogP contribution in [0.4, 0.5) is 5.82 Å². The predicted octanol–water partition coefficient (Wildman–Crippen LogP) is -0.224. The number of nitrogen functional groups attached to an aromatic ring is 1. The molecule has 35 heavy (non-hydrogen) atoms. The second kappa shape index (κ2) is 10.6. The molecule has 4 rings (SSSR count). The molecule has 0 spiro atoms. The molecular weight excluding hydrogens is 448 g/mol. The molecule has 0 aliphatic carbocycles. The number of nitrogens with two attached hydrogens (primary N) is 3. The van der Waals surface area contributed by atoms with Crippen molar-refractivity contribution in [3.63, 3.8) is 0 Å². The number of fused-ring (bicyclic) bond motifs is 1. The quantitative estimate of drug-likeness (QED) is 0.441. The summed E-state index contributed by atoms with van der Waals surface area (Å²) in [5, 5.41) is 0. The van der Waals surface area contributed by atoms with Gasteiger partial charge in [0.05, 0.1) is 18.5 Å². The molecule has 1 aromatic heterocycles. The summed E-state index contributed by atoms with van der Waals surface area (Å²) in [7, 11) is 0. The topological polar surface area (TPSA) is 158 Å². The fourth-order valence-electron chi connectivity index (χ4n) is 4.74. The van der Waals surface area contributed by atoms with E-state index in [9.17, 15) is 9.59 Å². The highest BCUT2D eigenvalue weighted by Crippen LogP contribution is 2.30. The number of nitrogens with zero attached hydrogens (tertiary/aromatic N) is 5. The number of primary amides is 1. The number of anilines is 1. The number of carbonyl (C=O) groups is 2. The molecule has 11 heteroatoms. The van der Waals surface area contributed by atoms with Crippen LogP contribution in [0.1, 0.15) is 30.4 Å². The van der Waals surface area contributed by atoms with E-state index in [4.69, 9.17) is 22.0 Å². The molecule has 0 bridgehead atoms. The number of ether oxygens (including phenoxy) is 1. The largest absolute Gasteiger partial charge is 0.491 e. The van der Waals surface area contributed by atoms with Crippen molar-refractivity contribution in [2.75, 3.05) is 30.4 Å². The van der Waals surface area contributed by atoms with E-state index in [1.165, 1.54) is 10.9 Å². The van der Waals surface area contributed by atoms with Crippen molar-refractivity contribution in [2.45, 2.75) is 44.3 Å². The van der Waals surface area contributed by atoms with Gasteiger partial charge in [-0.25, -0.2) is 14.7 Å². The summed E-state index contributed by atoms with van der Waals surface area (Å²) < 4.78 is 7.78. The Morgan fingerprint density at radius 3 is 2.91 bits per heavy atom. The number of aromatic nitrogens is 2. The predicted molar refractivity (Wildman–Crippen MR) is 131 cm³/mol. The van der Waals surface area contributed by atoms with E-state index >= 15 is 0 Å². The van der Waals surface area contributed by atoms with Crippen LogP contribution in [-0.4, -0.2) is 58.2 Å². The van der Waals surface area contributed by atoms with E-state index in [2.05, 4.69) is 21.5 Å². The molecule has 0 saturated carbocycles. The maximum atomic E-state index is 12.7. The summed E-state index contributed by atoms with van der Waals surface area (Å²) in [5.41, 5.74) is 13.6. The lowest BCUT2D eigenvalue weighted by molar-refractivity contribution is -0.135. The van der Waals surface area contributed by atoms with Crippen molar-refractivity contribution in [1.29, 1.82) is 0 Å². The van der Waals surface area contributed by atoms with Crippen LogP contribution in [0.25, 0.3) is 0 Å². The maximum absolute atomic E-state index is 12.7. The second-order valence-corrected chi connectivity index (χ2v) is 8.77. The number of benzene rings is 1. The summed E-state index contributed by atoms with van der Waals surface area (Å²) >= 11 is 0. The normalized spacial score (nSPS) is 18.8. The second-order valence-electron chi connectivity index (χ2n) is 8.77. The van der Waals surface area contributed by atoms with Crippen LogP contribution in [0.2, 0.25) is 0 Å². The van der Waals surface area contributed by atoms with E-state index in [0.717, 1.165) is 42.1 Å². The number of amides is 2. The van der Waals surface area contributed by atoms with Crippen molar-refractivity contribution in [2.24, 2.45) is 16.5 Å². The van der Waals surface area contributed by atoms with E-state index in [-0.39, 0.29) is 18.4 Å². The smallest absolute Gasteiger partial charge is 0.250 e. The Morgan fingerprint density at radius 1 is 1.31 bits per heavy atom. The summed E-state index contributed by atoms with van der Waals surface area (Å²) in [5.74, 6) is 6.94. The average molecular weight is 481 g/mol. The van der Waals surface area contributed by atoms with Gasteiger partial charge in [0, 0.05) is 37.6 Å². The maximum Gasteiger partial charge on any atom is 0.250 e. The van der Waals surface area contributed by atoms with Gasteiger partial charge in [0.2, 0.25) is 17.4 Å². The minimum atomic E-state index is -0.935.